The van der Waals surface area contributed by atoms with Gasteiger partial charge in [0.05, 0.1) is 5.56 Å². The van der Waals surface area contributed by atoms with Gasteiger partial charge in [-0.1, -0.05) is 6.07 Å². The highest BCUT2D eigenvalue weighted by atomic mass is 35.5. The zero-order valence-electron chi connectivity index (χ0n) is 6.25. The number of halogens is 1. The second-order valence-electron chi connectivity index (χ2n) is 2.35. The summed E-state index contributed by atoms with van der Waals surface area (Å²) in [5.41, 5.74) is 5.84. The minimum atomic E-state index is -0.645. The quantitative estimate of drug-likeness (QED) is 0.681. The molecule has 0 unspecified atom stereocenters. The lowest BCUT2D eigenvalue weighted by Crippen LogP contribution is -2.10. The lowest BCUT2D eigenvalue weighted by Gasteiger charge is -2.01. The van der Waals surface area contributed by atoms with Crippen LogP contribution in [-0.2, 0) is 5.88 Å². The van der Waals surface area contributed by atoms with Gasteiger partial charge in [-0.3, -0.25) is 4.79 Å². The van der Waals surface area contributed by atoms with E-state index in [4.69, 9.17) is 17.3 Å². The van der Waals surface area contributed by atoms with Crippen LogP contribution in [-0.4, -0.2) is 11.0 Å². The number of amides is 1. The number of carbonyl (C=O) groups excluding carboxylic acids is 1. The molecule has 1 rings (SSSR count). The highest BCUT2D eigenvalue weighted by molar-refractivity contribution is 6.17. The van der Waals surface area contributed by atoms with Crippen LogP contribution in [0.1, 0.15) is 15.9 Å². The van der Waals surface area contributed by atoms with Crippen LogP contribution >= 0.6 is 11.6 Å². The molecule has 0 fully saturated rings. The summed E-state index contributed by atoms with van der Waals surface area (Å²) in [7, 11) is 0. The molecule has 0 saturated heterocycles. The summed E-state index contributed by atoms with van der Waals surface area (Å²) in [6.07, 6.45) is 0. The smallest absolute Gasteiger partial charge is 0.252 e. The molecule has 0 atom stereocenters. The van der Waals surface area contributed by atoms with E-state index in [1.165, 1.54) is 12.1 Å². The Morgan fingerprint density at radius 1 is 1.58 bits per heavy atom. The minimum absolute atomic E-state index is 0.115. The first kappa shape index (κ1) is 8.87. The molecule has 0 spiro atoms. The Bertz CT molecular complexity index is 312. The fourth-order valence-electron chi connectivity index (χ4n) is 0.869. The molecule has 0 saturated carbocycles. The number of hydrogen-bond acceptors (Lipinski definition) is 2. The molecule has 3 nitrogen and oxygen atoms in total. The highest BCUT2D eigenvalue weighted by Gasteiger charge is 2.06. The van der Waals surface area contributed by atoms with Gasteiger partial charge in [-0.05, 0) is 17.7 Å². The monoisotopic (exact) mass is 185 g/mol. The van der Waals surface area contributed by atoms with Crippen LogP contribution in [0.5, 0.6) is 5.75 Å². The zero-order valence-corrected chi connectivity index (χ0v) is 7.01. The van der Waals surface area contributed by atoms with Crippen molar-refractivity contribution < 1.29 is 9.90 Å². The summed E-state index contributed by atoms with van der Waals surface area (Å²) in [6.45, 7) is 0. The van der Waals surface area contributed by atoms with E-state index in [1.807, 2.05) is 0 Å². The molecule has 12 heavy (non-hydrogen) atoms. The number of hydrogen-bond donors (Lipinski definition) is 2. The van der Waals surface area contributed by atoms with E-state index in [0.29, 0.717) is 5.88 Å². The van der Waals surface area contributed by atoms with E-state index in [9.17, 15) is 9.90 Å². The molecule has 0 aliphatic rings. The maximum absolute atomic E-state index is 10.7. The van der Waals surface area contributed by atoms with Gasteiger partial charge < -0.3 is 10.8 Å². The van der Waals surface area contributed by atoms with Crippen LogP contribution in [0.2, 0.25) is 0 Å². The molecular formula is C8H8ClNO2. The predicted octanol–water partition coefficient (Wildman–Crippen LogP) is 1.23. The molecule has 0 radical (unpaired) electrons. The van der Waals surface area contributed by atoms with Gasteiger partial charge in [-0.2, -0.15) is 0 Å². The van der Waals surface area contributed by atoms with Gasteiger partial charge in [0.25, 0.3) is 5.91 Å². The van der Waals surface area contributed by atoms with E-state index < -0.39 is 5.91 Å². The van der Waals surface area contributed by atoms with Crippen molar-refractivity contribution in [3.63, 3.8) is 0 Å². The number of benzene rings is 1. The maximum atomic E-state index is 10.7. The average Bonchev–Trinajstić information content (AvgIpc) is 2.03. The first-order valence-electron chi connectivity index (χ1n) is 3.33. The largest absolute Gasteiger partial charge is 0.507 e. The Morgan fingerprint density at radius 2 is 2.25 bits per heavy atom. The fraction of sp³-hybridized carbons (Fsp3) is 0.125. The van der Waals surface area contributed by atoms with Crippen molar-refractivity contribution in [1.82, 2.24) is 0 Å². The van der Waals surface area contributed by atoms with Crippen LogP contribution in [0.4, 0.5) is 0 Å². The molecule has 0 aromatic heterocycles. The standard InChI is InChI=1S/C8H8ClNO2/c9-4-5-1-2-6(8(10)12)7(11)3-5/h1-3,11H,4H2,(H2,10,12). The predicted molar refractivity (Wildman–Crippen MR) is 46.2 cm³/mol. The maximum Gasteiger partial charge on any atom is 0.252 e. The van der Waals surface area contributed by atoms with Crippen molar-refractivity contribution in [2.24, 2.45) is 5.73 Å². The van der Waals surface area contributed by atoms with Crippen LogP contribution in [0, 0.1) is 0 Å². The number of nitrogens with two attached hydrogens (primary N) is 1. The third-order valence-corrected chi connectivity index (χ3v) is 1.79. The number of primary amides is 1. The average molecular weight is 186 g/mol. The number of phenols is 1. The van der Waals surface area contributed by atoms with E-state index in [0.717, 1.165) is 5.56 Å². The molecule has 64 valence electrons. The number of aromatic hydroxyl groups is 1. The second-order valence-corrected chi connectivity index (χ2v) is 2.62. The molecule has 1 amide bonds. The Labute approximate surface area is 74.8 Å². The van der Waals surface area contributed by atoms with Crippen LogP contribution in [0.15, 0.2) is 18.2 Å². The van der Waals surface area contributed by atoms with Gasteiger partial charge in [-0.25, -0.2) is 0 Å². The fourth-order valence-corrected chi connectivity index (χ4v) is 1.03. The Kier molecular flexibility index (Phi) is 2.55. The molecule has 4 heteroatoms. The molecule has 1 aromatic carbocycles. The van der Waals surface area contributed by atoms with E-state index >= 15 is 0 Å². The molecule has 0 heterocycles. The summed E-state index contributed by atoms with van der Waals surface area (Å²) in [6, 6.07) is 4.52. The summed E-state index contributed by atoms with van der Waals surface area (Å²) in [4.78, 5) is 10.7. The Morgan fingerprint density at radius 3 is 2.67 bits per heavy atom. The lowest BCUT2D eigenvalue weighted by molar-refractivity contribution is 0.0998. The van der Waals surface area contributed by atoms with Crippen LogP contribution in [0.3, 0.4) is 0 Å². The molecular weight excluding hydrogens is 178 g/mol. The Hall–Kier alpha value is -1.22. The van der Waals surface area contributed by atoms with Crippen molar-refractivity contribution in [3.05, 3.63) is 29.3 Å². The number of rotatable bonds is 2. The van der Waals surface area contributed by atoms with E-state index in [1.54, 1.807) is 6.07 Å². The van der Waals surface area contributed by atoms with Gasteiger partial charge in [-0.15, -0.1) is 11.6 Å². The highest BCUT2D eigenvalue weighted by Crippen LogP contribution is 2.18. The van der Waals surface area contributed by atoms with Gasteiger partial charge in [0.15, 0.2) is 0 Å². The Balaban J connectivity index is 3.12. The van der Waals surface area contributed by atoms with Crippen LogP contribution in [0.25, 0.3) is 0 Å². The lowest BCUT2D eigenvalue weighted by atomic mass is 10.1. The van der Waals surface area contributed by atoms with Crippen molar-refractivity contribution in [2.45, 2.75) is 5.88 Å². The third kappa shape index (κ3) is 1.68. The molecule has 0 bridgehead atoms. The molecule has 0 aliphatic heterocycles. The van der Waals surface area contributed by atoms with Crippen molar-refractivity contribution in [2.75, 3.05) is 0 Å². The summed E-state index contributed by atoms with van der Waals surface area (Å²) >= 11 is 5.50. The summed E-state index contributed by atoms with van der Waals surface area (Å²) in [5, 5.41) is 9.23. The number of alkyl halides is 1. The zero-order chi connectivity index (χ0) is 9.14. The van der Waals surface area contributed by atoms with Gasteiger partial charge in [0.1, 0.15) is 5.75 Å². The second kappa shape index (κ2) is 3.45. The minimum Gasteiger partial charge on any atom is -0.507 e. The summed E-state index contributed by atoms with van der Waals surface area (Å²) < 4.78 is 0. The first-order valence-corrected chi connectivity index (χ1v) is 3.86. The normalized spacial score (nSPS) is 9.75. The van der Waals surface area contributed by atoms with Gasteiger partial charge in [0.2, 0.25) is 0 Å². The van der Waals surface area contributed by atoms with Gasteiger partial charge in [0, 0.05) is 5.88 Å². The summed E-state index contributed by atoms with van der Waals surface area (Å²) in [5.74, 6) is -0.471. The topological polar surface area (TPSA) is 63.3 Å². The van der Waals surface area contributed by atoms with E-state index in [2.05, 4.69) is 0 Å². The number of carbonyl (C=O) groups is 1. The third-order valence-electron chi connectivity index (χ3n) is 1.48. The van der Waals surface area contributed by atoms with Crippen molar-refractivity contribution >= 4 is 17.5 Å². The molecule has 0 aliphatic carbocycles. The van der Waals surface area contributed by atoms with Crippen molar-refractivity contribution in [1.29, 1.82) is 0 Å². The van der Waals surface area contributed by atoms with Crippen LogP contribution < -0.4 is 5.73 Å². The molecule has 1 aromatic rings. The van der Waals surface area contributed by atoms with E-state index in [-0.39, 0.29) is 11.3 Å². The SMILES string of the molecule is NC(=O)c1ccc(CCl)cc1O. The van der Waals surface area contributed by atoms with Gasteiger partial charge >= 0.3 is 0 Å². The van der Waals surface area contributed by atoms with Crippen molar-refractivity contribution in [3.8, 4) is 5.75 Å². The first-order chi connectivity index (χ1) is 5.65. The molecule has 3 N–H and O–H groups in total.